The molecule has 0 radical (unpaired) electrons. The Hall–Kier alpha value is -2.96. The van der Waals surface area contributed by atoms with E-state index >= 15 is 0 Å². The third-order valence-electron chi connectivity index (χ3n) is 2.45. The number of benzene rings is 1. The third-order valence-corrected chi connectivity index (χ3v) is 2.45. The topological polar surface area (TPSA) is 99.5 Å². The third kappa shape index (κ3) is 2.89. The van der Waals surface area contributed by atoms with Gasteiger partial charge in [-0.15, -0.1) is 0 Å². The van der Waals surface area contributed by atoms with Crippen molar-refractivity contribution in [1.29, 1.82) is 0 Å². The lowest BCUT2D eigenvalue weighted by atomic mass is 10.1. The first-order chi connectivity index (χ1) is 9.47. The van der Waals surface area contributed by atoms with E-state index in [1.807, 2.05) is 0 Å². The number of aromatic carboxylic acids is 1. The van der Waals surface area contributed by atoms with E-state index in [2.05, 4.69) is 10.3 Å². The Bertz CT molecular complexity index is 688. The maximum absolute atomic E-state index is 12.8. The highest BCUT2D eigenvalue weighted by atomic mass is 19.1. The molecule has 2 rings (SSSR count). The molecule has 1 amide bonds. The molecule has 2 aromatic rings. The maximum Gasteiger partial charge on any atom is 0.337 e. The highest BCUT2D eigenvalue weighted by Gasteiger charge is 2.13. The summed E-state index contributed by atoms with van der Waals surface area (Å²) < 4.78 is 12.8. The Labute approximate surface area is 112 Å². The average Bonchev–Trinajstić information content (AvgIpc) is 2.38. The van der Waals surface area contributed by atoms with Crippen molar-refractivity contribution in [2.24, 2.45) is 0 Å². The fraction of sp³-hybridized carbons (Fsp3) is 0. The number of halogens is 1. The van der Waals surface area contributed by atoms with Gasteiger partial charge in [-0.3, -0.25) is 9.78 Å². The van der Waals surface area contributed by atoms with Crippen LogP contribution in [0.15, 0.2) is 36.7 Å². The van der Waals surface area contributed by atoms with Crippen LogP contribution in [0.1, 0.15) is 20.7 Å². The molecular weight excluding hydrogens is 267 g/mol. The van der Waals surface area contributed by atoms with Crippen molar-refractivity contribution in [3.05, 3.63) is 53.6 Å². The molecule has 102 valence electrons. The number of hydrogen-bond acceptors (Lipinski definition) is 4. The summed E-state index contributed by atoms with van der Waals surface area (Å²) >= 11 is 0. The van der Waals surface area contributed by atoms with Gasteiger partial charge in [0.25, 0.3) is 5.91 Å². The molecule has 0 aliphatic rings. The van der Waals surface area contributed by atoms with Crippen molar-refractivity contribution in [2.75, 3.05) is 5.32 Å². The van der Waals surface area contributed by atoms with Crippen molar-refractivity contribution in [3.8, 4) is 5.75 Å². The van der Waals surface area contributed by atoms with E-state index in [1.54, 1.807) is 0 Å². The molecule has 0 spiro atoms. The lowest BCUT2D eigenvalue weighted by Gasteiger charge is -2.07. The van der Waals surface area contributed by atoms with Gasteiger partial charge in [-0.05, 0) is 18.2 Å². The number of aromatic nitrogens is 1. The second-order valence-electron chi connectivity index (χ2n) is 3.88. The number of hydrogen-bond donors (Lipinski definition) is 3. The summed E-state index contributed by atoms with van der Waals surface area (Å²) in [6.07, 6.45) is 2.39. The van der Waals surface area contributed by atoms with E-state index < -0.39 is 23.4 Å². The van der Waals surface area contributed by atoms with Crippen LogP contribution in [0.5, 0.6) is 5.75 Å². The molecule has 1 aromatic carbocycles. The summed E-state index contributed by atoms with van der Waals surface area (Å²) in [5.41, 5.74) is -0.0723. The molecule has 1 aromatic heterocycles. The number of carbonyl (C=O) groups excluding carboxylic acids is 1. The Balaban J connectivity index is 2.23. The minimum absolute atomic E-state index is 0.0915. The van der Waals surface area contributed by atoms with E-state index in [0.29, 0.717) is 0 Å². The van der Waals surface area contributed by atoms with Crippen LogP contribution in [0.25, 0.3) is 0 Å². The van der Waals surface area contributed by atoms with Crippen LogP contribution in [0.2, 0.25) is 0 Å². The lowest BCUT2D eigenvalue weighted by molar-refractivity contribution is 0.0696. The number of phenolic OH excluding ortho intramolecular Hbond substituents is 1. The monoisotopic (exact) mass is 276 g/mol. The van der Waals surface area contributed by atoms with Crippen molar-refractivity contribution in [3.63, 3.8) is 0 Å². The van der Waals surface area contributed by atoms with Crippen molar-refractivity contribution < 1.29 is 24.2 Å². The summed E-state index contributed by atoms with van der Waals surface area (Å²) in [4.78, 5) is 26.3. The predicted molar refractivity (Wildman–Crippen MR) is 67.2 cm³/mol. The number of aromatic hydroxyl groups is 1. The van der Waals surface area contributed by atoms with Crippen LogP contribution in [0.3, 0.4) is 0 Å². The van der Waals surface area contributed by atoms with Crippen LogP contribution in [0, 0.1) is 5.82 Å². The first-order valence-corrected chi connectivity index (χ1v) is 5.45. The van der Waals surface area contributed by atoms with Gasteiger partial charge >= 0.3 is 5.97 Å². The summed E-state index contributed by atoms with van der Waals surface area (Å²) in [6, 6.07) is 4.17. The zero-order valence-corrected chi connectivity index (χ0v) is 10.0. The predicted octanol–water partition coefficient (Wildman–Crippen LogP) is 1.88. The minimum Gasteiger partial charge on any atom is -0.507 e. The molecule has 6 nitrogen and oxygen atoms in total. The van der Waals surface area contributed by atoms with Crippen LogP contribution < -0.4 is 5.32 Å². The average molecular weight is 276 g/mol. The van der Waals surface area contributed by atoms with Crippen LogP contribution >= 0.6 is 0 Å². The summed E-state index contributed by atoms with van der Waals surface area (Å²) in [6.45, 7) is 0. The fourth-order valence-corrected chi connectivity index (χ4v) is 1.52. The molecule has 1 heterocycles. The van der Waals surface area contributed by atoms with Crippen molar-refractivity contribution in [2.45, 2.75) is 0 Å². The molecule has 0 aliphatic carbocycles. The van der Waals surface area contributed by atoms with Crippen LogP contribution in [0.4, 0.5) is 10.1 Å². The molecule has 20 heavy (non-hydrogen) atoms. The quantitative estimate of drug-likeness (QED) is 0.794. The number of pyridine rings is 1. The number of nitrogens with zero attached hydrogens (tertiary/aromatic N) is 1. The van der Waals surface area contributed by atoms with Crippen LogP contribution in [-0.2, 0) is 0 Å². The molecule has 0 aliphatic heterocycles. The smallest absolute Gasteiger partial charge is 0.337 e. The van der Waals surface area contributed by atoms with Gasteiger partial charge in [0.2, 0.25) is 0 Å². The van der Waals surface area contributed by atoms with Crippen molar-refractivity contribution in [1.82, 2.24) is 4.98 Å². The highest BCUT2D eigenvalue weighted by molar-refractivity contribution is 6.06. The zero-order chi connectivity index (χ0) is 14.7. The number of carboxylic acid groups (broad SMARTS) is 1. The molecule has 0 bridgehead atoms. The number of nitrogens with one attached hydrogen (secondary N) is 1. The van der Waals surface area contributed by atoms with Gasteiger partial charge < -0.3 is 15.5 Å². The molecule has 0 unspecified atom stereocenters. The van der Waals surface area contributed by atoms with E-state index in [0.717, 1.165) is 24.4 Å². The maximum atomic E-state index is 12.8. The normalized spacial score (nSPS) is 10.1. The molecule has 0 saturated carbocycles. The van der Waals surface area contributed by atoms with Crippen molar-refractivity contribution >= 4 is 17.6 Å². The number of anilines is 1. The molecule has 0 fully saturated rings. The van der Waals surface area contributed by atoms with E-state index in [-0.39, 0.29) is 16.8 Å². The van der Waals surface area contributed by atoms with Gasteiger partial charge in [0.1, 0.15) is 11.6 Å². The number of amides is 1. The van der Waals surface area contributed by atoms with E-state index in [1.165, 1.54) is 12.3 Å². The minimum atomic E-state index is -1.18. The van der Waals surface area contributed by atoms with Gasteiger partial charge in [-0.25, -0.2) is 9.18 Å². The van der Waals surface area contributed by atoms with Crippen LogP contribution in [-0.4, -0.2) is 27.1 Å². The molecule has 0 saturated heterocycles. The largest absolute Gasteiger partial charge is 0.507 e. The van der Waals surface area contributed by atoms with E-state index in [9.17, 15) is 19.1 Å². The second kappa shape index (κ2) is 5.35. The Morgan fingerprint density at radius 3 is 2.60 bits per heavy atom. The molecular formula is C13H9FN2O4. The molecule has 3 N–H and O–H groups in total. The Morgan fingerprint density at radius 2 is 1.95 bits per heavy atom. The number of carboxylic acids is 1. The van der Waals surface area contributed by atoms with Gasteiger partial charge in [0.15, 0.2) is 0 Å². The first-order valence-electron chi connectivity index (χ1n) is 5.45. The Kier molecular flexibility index (Phi) is 3.60. The number of phenols is 1. The standard InChI is InChI=1S/C13H9FN2O4/c14-8-1-2-10(11(17)4-8)12(18)16-9-3-7(13(19)20)5-15-6-9/h1-6,17H,(H,16,18)(H,19,20). The molecule has 7 heteroatoms. The number of rotatable bonds is 3. The van der Waals surface area contributed by atoms with Gasteiger partial charge in [-0.2, -0.15) is 0 Å². The lowest BCUT2D eigenvalue weighted by Crippen LogP contribution is -2.13. The highest BCUT2D eigenvalue weighted by Crippen LogP contribution is 2.19. The SMILES string of the molecule is O=C(O)c1cncc(NC(=O)c2ccc(F)cc2O)c1. The summed E-state index contributed by atoms with van der Waals surface area (Å²) in [5, 5.41) is 20.6. The summed E-state index contributed by atoms with van der Waals surface area (Å²) in [7, 11) is 0. The molecule has 0 atom stereocenters. The zero-order valence-electron chi connectivity index (χ0n) is 10.0. The first kappa shape index (κ1) is 13.5. The fourth-order valence-electron chi connectivity index (χ4n) is 1.52. The second-order valence-corrected chi connectivity index (χ2v) is 3.88. The Morgan fingerprint density at radius 1 is 1.20 bits per heavy atom. The van der Waals surface area contributed by atoms with Gasteiger partial charge in [0.05, 0.1) is 23.0 Å². The number of carbonyl (C=O) groups is 2. The summed E-state index contributed by atoms with van der Waals surface area (Å²) in [5.74, 6) is -3.07. The van der Waals surface area contributed by atoms with Gasteiger partial charge in [-0.1, -0.05) is 0 Å². The van der Waals surface area contributed by atoms with Gasteiger partial charge in [0, 0.05) is 12.3 Å². The van der Waals surface area contributed by atoms with E-state index in [4.69, 9.17) is 5.11 Å².